The molecule has 0 aliphatic carbocycles. The number of carbonyl (C=O) groups excluding carboxylic acids is 2. The molecule has 1 aliphatic rings. The zero-order chi connectivity index (χ0) is 30.8. The van der Waals surface area contributed by atoms with Crippen LogP contribution in [0.25, 0.3) is 11.3 Å². The van der Waals surface area contributed by atoms with Gasteiger partial charge in [-0.2, -0.15) is 0 Å². The second-order valence-corrected chi connectivity index (χ2v) is 11.3. The van der Waals surface area contributed by atoms with Crippen LogP contribution in [0.2, 0.25) is 5.02 Å². The minimum absolute atomic E-state index is 0.0319. The highest BCUT2D eigenvalue weighted by molar-refractivity contribution is 6.33. The Labute approximate surface area is 249 Å². The summed E-state index contributed by atoms with van der Waals surface area (Å²) >= 11 is 6.72. The molecule has 3 aromatic rings. The van der Waals surface area contributed by atoms with E-state index < -0.39 is 11.2 Å². The van der Waals surface area contributed by atoms with E-state index in [2.05, 4.69) is 26.5 Å². The highest BCUT2D eigenvalue weighted by Crippen LogP contribution is 2.40. The Morgan fingerprint density at radius 1 is 1.24 bits per heavy atom. The monoisotopic (exact) mass is 593 g/mol. The highest BCUT2D eigenvalue weighted by Gasteiger charge is 2.33. The van der Waals surface area contributed by atoms with Crippen molar-refractivity contribution < 1.29 is 19.1 Å². The van der Waals surface area contributed by atoms with Gasteiger partial charge < -0.3 is 14.9 Å². The quantitative estimate of drug-likeness (QED) is 0.190. The van der Waals surface area contributed by atoms with E-state index in [1.165, 1.54) is 41.6 Å². The molecular weight excluding hydrogens is 561 g/mol. The molecule has 0 saturated carbocycles. The summed E-state index contributed by atoms with van der Waals surface area (Å²) in [4.78, 5) is 48.3. The SMILES string of the molecule is C=CC(=O)N1CCN(C(=NC)c2cc(Cl)c(-c3c(O)cccc3F)nc2N(C=O)c2nccnc2C(C)(C)C)C(C)C1. The van der Waals surface area contributed by atoms with Crippen molar-refractivity contribution in [3.05, 3.63) is 71.4 Å². The lowest BCUT2D eigenvalue weighted by molar-refractivity contribution is -0.128. The van der Waals surface area contributed by atoms with Gasteiger partial charge in [0.05, 0.1) is 27.5 Å². The Morgan fingerprint density at radius 3 is 2.55 bits per heavy atom. The van der Waals surface area contributed by atoms with Gasteiger partial charge in [0, 0.05) is 50.5 Å². The Balaban J connectivity index is 1.96. The maximum atomic E-state index is 15.0. The van der Waals surface area contributed by atoms with Crippen molar-refractivity contribution in [3.8, 4) is 17.0 Å². The number of amides is 2. The van der Waals surface area contributed by atoms with E-state index in [4.69, 9.17) is 11.6 Å². The molecule has 2 aromatic heterocycles. The van der Waals surface area contributed by atoms with Crippen LogP contribution in [-0.2, 0) is 15.0 Å². The van der Waals surface area contributed by atoms with Crippen molar-refractivity contribution >= 4 is 41.4 Å². The summed E-state index contributed by atoms with van der Waals surface area (Å²) in [5.74, 6) is -0.524. The number of benzene rings is 1. The lowest BCUT2D eigenvalue weighted by atomic mass is 9.91. The first-order valence-electron chi connectivity index (χ1n) is 13.3. The second kappa shape index (κ2) is 12.2. The predicted molar refractivity (Wildman–Crippen MR) is 161 cm³/mol. The zero-order valence-corrected chi connectivity index (χ0v) is 24.9. The molecule has 1 aliphatic heterocycles. The maximum absolute atomic E-state index is 15.0. The number of piperazine rings is 1. The summed E-state index contributed by atoms with van der Waals surface area (Å²) in [5.41, 5.74) is 0.110. The first-order chi connectivity index (χ1) is 19.9. The number of hydrogen-bond acceptors (Lipinski definition) is 7. The number of halogens is 2. The third kappa shape index (κ3) is 5.82. The first-order valence-corrected chi connectivity index (χ1v) is 13.7. The molecule has 2 amide bonds. The van der Waals surface area contributed by atoms with Crippen molar-refractivity contribution in [3.63, 3.8) is 0 Å². The van der Waals surface area contributed by atoms with Crippen LogP contribution in [0.4, 0.5) is 16.0 Å². The largest absolute Gasteiger partial charge is 0.507 e. The van der Waals surface area contributed by atoms with Crippen LogP contribution in [0.3, 0.4) is 0 Å². The summed E-state index contributed by atoms with van der Waals surface area (Å²) < 4.78 is 15.0. The van der Waals surface area contributed by atoms with E-state index in [1.54, 1.807) is 18.0 Å². The summed E-state index contributed by atoms with van der Waals surface area (Å²) in [6, 6.07) is 5.25. The molecule has 42 heavy (non-hydrogen) atoms. The molecule has 0 radical (unpaired) electrons. The van der Waals surface area contributed by atoms with Crippen LogP contribution in [-0.4, -0.2) is 80.7 Å². The van der Waals surface area contributed by atoms with Gasteiger partial charge in [-0.3, -0.25) is 19.6 Å². The normalized spacial score (nSPS) is 15.9. The van der Waals surface area contributed by atoms with Crippen molar-refractivity contribution in [2.24, 2.45) is 4.99 Å². The van der Waals surface area contributed by atoms with Crippen LogP contribution >= 0.6 is 11.6 Å². The molecule has 1 atom stereocenters. The third-order valence-electron chi connectivity index (χ3n) is 6.97. The number of pyridine rings is 1. The summed E-state index contributed by atoms with van der Waals surface area (Å²) in [6.45, 7) is 12.6. The Kier molecular flexibility index (Phi) is 8.91. The van der Waals surface area contributed by atoms with Gasteiger partial charge in [-0.05, 0) is 31.2 Å². The Morgan fingerprint density at radius 2 is 1.95 bits per heavy atom. The second-order valence-electron chi connectivity index (χ2n) is 10.9. The molecule has 0 bridgehead atoms. The molecule has 12 heteroatoms. The van der Waals surface area contributed by atoms with Gasteiger partial charge in [0.1, 0.15) is 17.4 Å². The van der Waals surface area contributed by atoms with E-state index in [-0.39, 0.29) is 45.6 Å². The molecule has 3 heterocycles. The summed E-state index contributed by atoms with van der Waals surface area (Å²) in [6.07, 6.45) is 4.84. The molecule has 0 spiro atoms. The van der Waals surface area contributed by atoms with Gasteiger partial charge in [-0.15, -0.1) is 0 Å². The van der Waals surface area contributed by atoms with E-state index in [1.807, 2.05) is 32.6 Å². The van der Waals surface area contributed by atoms with E-state index in [0.717, 1.165) is 0 Å². The molecule has 1 saturated heterocycles. The van der Waals surface area contributed by atoms with Gasteiger partial charge in [0.2, 0.25) is 12.3 Å². The number of rotatable bonds is 6. The standard InChI is InChI=1S/C30H33ClFN7O3/c1-7-23(42)37-13-14-38(18(2)16-37)27(33-6)19-15-20(31)25(24-21(32)9-8-10-22(24)41)36-28(19)39(17-40)29-26(30(3,4)5)34-11-12-35-29/h7-12,15,17-18,41H,1,13-14,16H2,2-6H3. The fourth-order valence-corrected chi connectivity index (χ4v) is 5.24. The van der Waals surface area contributed by atoms with E-state index in [0.29, 0.717) is 43.1 Å². The van der Waals surface area contributed by atoms with Crippen LogP contribution in [0.15, 0.2) is 54.3 Å². The van der Waals surface area contributed by atoms with E-state index >= 15 is 4.39 Å². The fraction of sp³-hybridized carbons (Fsp3) is 0.333. The number of amidine groups is 1. The topological polar surface area (TPSA) is 115 Å². The summed E-state index contributed by atoms with van der Waals surface area (Å²) in [5, 5.41) is 10.6. The molecule has 1 fully saturated rings. The number of nitrogens with zero attached hydrogens (tertiary/aromatic N) is 7. The van der Waals surface area contributed by atoms with Crippen molar-refractivity contribution in [1.29, 1.82) is 0 Å². The van der Waals surface area contributed by atoms with Gasteiger partial charge in [-0.1, -0.05) is 45.0 Å². The number of phenolic OH excluding ortho intramolecular Hbond substituents is 1. The van der Waals surface area contributed by atoms with Crippen LogP contribution in [0.1, 0.15) is 39.0 Å². The number of phenols is 1. The van der Waals surface area contributed by atoms with Crippen LogP contribution in [0.5, 0.6) is 5.75 Å². The number of aliphatic imine (C=N–C) groups is 1. The molecule has 10 nitrogen and oxygen atoms in total. The number of hydrogen-bond donors (Lipinski definition) is 1. The van der Waals surface area contributed by atoms with E-state index in [9.17, 15) is 14.7 Å². The minimum Gasteiger partial charge on any atom is -0.507 e. The fourth-order valence-electron chi connectivity index (χ4n) is 4.99. The molecule has 1 aromatic carbocycles. The highest BCUT2D eigenvalue weighted by atomic mass is 35.5. The van der Waals surface area contributed by atoms with Crippen LogP contribution in [0, 0.1) is 5.82 Å². The molecule has 220 valence electrons. The Bertz CT molecular complexity index is 1540. The number of aromatic nitrogens is 3. The summed E-state index contributed by atoms with van der Waals surface area (Å²) in [7, 11) is 1.60. The maximum Gasteiger partial charge on any atom is 0.246 e. The van der Waals surface area contributed by atoms with Gasteiger partial charge in [0.15, 0.2) is 11.6 Å². The molecule has 1 unspecified atom stereocenters. The molecular formula is C30H33ClFN7O3. The Hall–Kier alpha value is -4.38. The number of aromatic hydroxyl groups is 1. The number of carbonyl (C=O) groups is 2. The third-order valence-corrected chi connectivity index (χ3v) is 7.26. The molecule has 1 N–H and O–H groups in total. The van der Waals surface area contributed by atoms with Gasteiger partial charge >= 0.3 is 0 Å². The lowest BCUT2D eigenvalue weighted by Gasteiger charge is -2.41. The van der Waals surface area contributed by atoms with Crippen molar-refractivity contribution in [2.45, 2.75) is 39.2 Å². The molecule has 4 rings (SSSR count). The first kappa shape index (κ1) is 30.6. The van der Waals surface area contributed by atoms with Gasteiger partial charge in [0.25, 0.3) is 0 Å². The lowest BCUT2D eigenvalue weighted by Crippen LogP contribution is -2.55. The average Bonchev–Trinajstić information content (AvgIpc) is 2.95. The average molecular weight is 594 g/mol. The smallest absolute Gasteiger partial charge is 0.246 e. The van der Waals surface area contributed by atoms with Gasteiger partial charge in [-0.25, -0.2) is 19.3 Å². The van der Waals surface area contributed by atoms with Crippen molar-refractivity contribution in [1.82, 2.24) is 24.8 Å². The van der Waals surface area contributed by atoms with Crippen molar-refractivity contribution in [2.75, 3.05) is 31.6 Å². The zero-order valence-electron chi connectivity index (χ0n) is 24.2. The predicted octanol–water partition coefficient (Wildman–Crippen LogP) is 4.72. The van der Waals surface area contributed by atoms with Crippen LogP contribution < -0.4 is 4.90 Å². The minimum atomic E-state index is -0.739. The number of anilines is 2.